The third-order valence-electron chi connectivity index (χ3n) is 5.40. The van der Waals surface area contributed by atoms with Crippen LogP contribution in [0.25, 0.3) is 0 Å². The van der Waals surface area contributed by atoms with Gasteiger partial charge in [-0.3, -0.25) is 0 Å². The van der Waals surface area contributed by atoms with Crippen LogP contribution in [0.2, 0.25) is 0 Å². The van der Waals surface area contributed by atoms with Gasteiger partial charge in [0.2, 0.25) is 0 Å². The average molecular weight is 346 g/mol. The predicted molar refractivity (Wildman–Crippen MR) is 97.2 cm³/mol. The number of rotatable bonds is 6. The molecule has 2 fully saturated rings. The van der Waals surface area contributed by atoms with E-state index in [2.05, 4.69) is 5.32 Å². The molecule has 2 N–H and O–H groups in total. The van der Waals surface area contributed by atoms with Crippen LogP contribution in [0, 0.1) is 0 Å². The Morgan fingerprint density at radius 3 is 2.68 bits per heavy atom. The molecular weight excluding hydrogens is 316 g/mol. The number of nitrogens with one attached hydrogen (secondary N) is 1. The molecule has 1 aliphatic heterocycles. The molecule has 0 bridgehead atoms. The van der Waals surface area contributed by atoms with Crippen molar-refractivity contribution in [2.75, 3.05) is 13.2 Å². The molecule has 1 saturated heterocycles. The fourth-order valence-corrected chi connectivity index (χ4v) is 3.93. The van der Waals surface area contributed by atoms with E-state index in [1.54, 1.807) is 4.90 Å². The van der Waals surface area contributed by atoms with Crippen molar-refractivity contribution in [2.24, 2.45) is 0 Å². The van der Waals surface area contributed by atoms with Crippen LogP contribution in [0.3, 0.4) is 0 Å². The molecule has 2 amide bonds. The smallest absolute Gasteiger partial charge is 0.318 e. The molecule has 5 heteroatoms. The van der Waals surface area contributed by atoms with E-state index in [1.165, 1.54) is 0 Å². The maximum atomic E-state index is 12.9. The number of nitrogens with zero attached hydrogens (tertiary/aromatic N) is 1. The number of carbonyl (C=O) groups is 1. The lowest BCUT2D eigenvalue weighted by Crippen LogP contribution is -2.51. The summed E-state index contributed by atoms with van der Waals surface area (Å²) in [6.07, 6.45) is 5.74. The van der Waals surface area contributed by atoms with Gasteiger partial charge in [-0.2, -0.15) is 0 Å². The van der Waals surface area contributed by atoms with Crippen LogP contribution in [0.5, 0.6) is 0 Å². The molecule has 1 saturated carbocycles. The highest BCUT2D eigenvalue weighted by atomic mass is 16.5. The zero-order chi connectivity index (χ0) is 17.7. The second kappa shape index (κ2) is 8.19. The molecule has 3 rings (SSSR count). The molecule has 5 nitrogen and oxygen atoms in total. The topological polar surface area (TPSA) is 61.8 Å². The van der Waals surface area contributed by atoms with Gasteiger partial charge in [0.15, 0.2) is 0 Å². The first-order valence-corrected chi connectivity index (χ1v) is 9.49. The predicted octanol–water partition coefficient (Wildman–Crippen LogP) is 3.07. The van der Waals surface area contributed by atoms with Gasteiger partial charge in [-0.1, -0.05) is 43.2 Å². The van der Waals surface area contributed by atoms with Crippen molar-refractivity contribution in [3.8, 4) is 0 Å². The van der Waals surface area contributed by atoms with Crippen LogP contribution in [0.15, 0.2) is 30.3 Å². The average Bonchev–Trinajstić information content (AvgIpc) is 3.27. The Labute approximate surface area is 150 Å². The Kier molecular flexibility index (Phi) is 5.97. The Balaban J connectivity index is 1.66. The minimum Gasteiger partial charge on any atom is -0.388 e. The molecule has 0 aromatic heterocycles. The van der Waals surface area contributed by atoms with E-state index in [-0.39, 0.29) is 18.2 Å². The van der Waals surface area contributed by atoms with Gasteiger partial charge in [0, 0.05) is 13.2 Å². The van der Waals surface area contributed by atoms with Gasteiger partial charge >= 0.3 is 6.03 Å². The molecular formula is C20H30N2O3. The Morgan fingerprint density at radius 1 is 1.32 bits per heavy atom. The molecule has 2 aliphatic rings. The van der Waals surface area contributed by atoms with Crippen molar-refractivity contribution in [1.29, 1.82) is 0 Å². The fraction of sp³-hybridized carbons (Fsp3) is 0.650. The summed E-state index contributed by atoms with van der Waals surface area (Å²) in [4.78, 5) is 14.6. The molecule has 1 heterocycles. The summed E-state index contributed by atoms with van der Waals surface area (Å²) in [6.45, 7) is 3.66. The number of hydrogen-bond acceptors (Lipinski definition) is 3. The van der Waals surface area contributed by atoms with E-state index in [1.807, 2.05) is 37.3 Å². The molecule has 2 unspecified atom stereocenters. The van der Waals surface area contributed by atoms with Crippen LogP contribution < -0.4 is 5.32 Å². The second-order valence-corrected chi connectivity index (χ2v) is 7.56. The highest BCUT2D eigenvalue weighted by molar-refractivity contribution is 5.74. The van der Waals surface area contributed by atoms with Crippen molar-refractivity contribution < 1.29 is 14.6 Å². The van der Waals surface area contributed by atoms with Crippen molar-refractivity contribution in [3.05, 3.63) is 35.9 Å². The zero-order valence-electron chi connectivity index (χ0n) is 15.1. The number of urea groups is 1. The summed E-state index contributed by atoms with van der Waals surface area (Å²) >= 11 is 0. The van der Waals surface area contributed by atoms with E-state index in [0.29, 0.717) is 13.1 Å². The van der Waals surface area contributed by atoms with Crippen LogP contribution in [0.1, 0.15) is 51.0 Å². The quantitative estimate of drug-likeness (QED) is 0.832. The number of hydrogen-bond donors (Lipinski definition) is 2. The van der Waals surface area contributed by atoms with Gasteiger partial charge in [0.1, 0.15) is 0 Å². The number of benzene rings is 1. The Morgan fingerprint density at radius 2 is 2.04 bits per heavy atom. The molecule has 25 heavy (non-hydrogen) atoms. The Hall–Kier alpha value is -1.59. The molecule has 1 aromatic carbocycles. The Bertz CT molecular complexity index is 551. The van der Waals surface area contributed by atoms with Gasteiger partial charge in [-0.15, -0.1) is 0 Å². The summed E-state index contributed by atoms with van der Waals surface area (Å²) < 4.78 is 5.68. The molecule has 0 radical (unpaired) electrons. The number of ether oxygens (including phenoxy) is 1. The monoisotopic (exact) mass is 346 g/mol. The third-order valence-corrected chi connectivity index (χ3v) is 5.40. The minimum atomic E-state index is -0.751. The first kappa shape index (κ1) is 18.2. The number of carbonyl (C=O) groups excluding carboxylic acids is 1. The van der Waals surface area contributed by atoms with Gasteiger partial charge < -0.3 is 20.1 Å². The lowest BCUT2D eigenvalue weighted by atomic mass is 10.0. The SMILES string of the molecule is CC(NC(=O)N(Cc1ccccc1)CC1(O)CCCC1)C1CCCO1. The number of aliphatic hydroxyl groups is 1. The standard InChI is InChI=1S/C20H30N2O3/c1-16(18-10-7-13-25-18)21-19(23)22(14-17-8-3-2-4-9-17)15-20(24)11-5-6-12-20/h2-4,8-9,16,18,24H,5-7,10-15H2,1H3,(H,21,23). The molecule has 1 aliphatic carbocycles. The van der Waals surface area contributed by atoms with Gasteiger partial charge in [0.05, 0.1) is 24.3 Å². The van der Waals surface area contributed by atoms with E-state index >= 15 is 0 Å². The van der Waals surface area contributed by atoms with Crippen LogP contribution in [0.4, 0.5) is 4.79 Å². The summed E-state index contributed by atoms with van der Waals surface area (Å²) in [5, 5.41) is 13.9. The van der Waals surface area contributed by atoms with Crippen molar-refractivity contribution in [3.63, 3.8) is 0 Å². The van der Waals surface area contributed by atoms with Crippen molar-refractivity contribution in [1.82, 2.24) is 10.2 Å². The molecule has 1 aromatic rings. The molecule has 138 valence electrons. The molecule has 2 atom stereocenters. The van der Waals surface area contributed by atoms with Gasteiger partial charge in [-0.25, -0.2) is 4.79 Å². The normalized spacial score (nSPS) is 23.4. The lowest BCUT2D eigenvalue weighted by molar-refractivity contribution is 0.0160. The summed E-state index contributed by atoms with van der Waals surface area (Å²) in [5.41, 5.74) is 0.322. The first-order chi connectivity index (χ1) is 12.1. The van der Waals surface area contributed by atoms with Crippen molar-refractivity contribution >= 4 is 6.03 Å². The van der Waals surface area contributed by atoms with Crippen LogP contribution in [-0.4, -0.2) is 46.9 Å². The maximum absolute atomic E-state index is 12.9. The highest BCUT2D eigenvalue weighted by Crippen LogP contribution is 2.30. The minimum absolute atomic E-state index is 0.0218. The first-order valence-electron chi connectivity index (χ1n) is 9.49. The van der Waals surface area contributed by atoms with Gasteiger partial charge in [0.25, 0.3) is 0 Å². The van der Waals surface area contributed by atoms with Crippen LogP contribution in [-0.2, 0) is 11.3 Å². The number of amides is 2. The third kappa shape index (κ3) is 4.95. The lowest BCUT2D eigenvalue weighted by Gasteiger charge is -2.33. The van der Waals surface area contributed by atoms with E-state index in [0.717, 1.165) is 50.7 Å². The fourth-order valence-electron chi connectivity index (χ4n) is 3.93. The van der Waals surface area contributed by atoms with E-state index in [4.69, 9.17) is 4.74 Å². The summed E-state index contributed by atoms with van der Waals surface area (Å²) in [5.74, 6) is 0. The van der Waals surface area contributed by atoms with E-state index < -0.39 is 5.60 Å². The van der Waals surface area contributed by atoms with Gasteiger partial charge in [-0.05, 0) is 38.2 Å². The second-order valence-electron chi connectivity index (χ2n) is 7.56. The van der Waals surface area contributed by atoms with Crippen molar-refractivity contribution in [2.45, 2.75) is 69.7 Å². The summed E-state index contributed by atoms with van der Waals surface area (Å²) in [6, 6.07) is 9.82. The molecule has 0 spiro atoms. The van der Waals surface area contributed by atoms with Crippen LogP contribution >= 0.6 is 0 Å². The zero-order valence-corrected chi connectivity index (χ0v) is 15.1. The van der Waals surface area contributed by atoms with E-state index in [9.17, 15) is 9.90 Å². The highest BCUT2D eigenvalue weighted by Gasteiger charge is 2.35. The largest absolute Gasteiger partial charge is 0.388 e. The summed E-state index contributed by atoms with van der Waals surface area (Å²) in [7, 11) is 0. The maximum Gasteiger partial charge on any atom is 0.318 e.